The summed E-state index contributed by atoms with van der Waals surface area (Å²) in [7, 11) is 0. The molecule has 126 valence electrons. The van der Waals surface area contributed by atoms with E-state index in [0.717, 1.165) is 23.3 Å². The van der Waals surface area contributed by atoms with E-state index in [9.17, 15) is 4.79 Å². The van der Waals surface area contributed by atoms with Crippen molar-refractivity contribution in [3.8, 4) is 11.5 Å². The molecule has 1 N–H and O–H groups in total. The lowest BCUT2D eigenvalue weighted by molar-refractivity contribution is -0.115. The summed E-state index contributed by atoms with van der Waals surface area (Å²) in [6.07, 6.45) is 3.23. The van der Waals surface area contributed by atoms with Crippen LogP contribution in [0.1, 0.15) is 17.5 Å². The molecule has 5 heteroatoms. The van der Waals surface area contributed by atoms with Gasteiger partial charge >= 0.3 is 0 Å². The molecule has 25 heavy (non-hydrogen) atoms. The topological polar surface area (TPSA) is 59.9 Å². The van der Waals surface area contributed by atoms with Crippen LogP contribution in [0.4, 0.5) is 0 Å². The van der Waals surface area contributed by atoms with Crippen LogP contribution < -0.4 is 14.8 Å². The lowest BCUT2D eigenvalue weighted by Gasteiger charge is -2.07. The molecule has 0 bridgehead atoms. The summed E-state index contributed by atoms with van der Waals surface area (Å²) in [6.45, 7) is 1.29. The predicted octanol–water partition coefficient (Wildman–Crippen LogP) is 2.96. The van der Waals surface area contributed by atoms with Gasteiger partial charge in [-0.15, -0.1) is 0 Å². The summed E-state index contributed by atoms with van der Waals surface area (Å²) in [5.74, 6) is 1.93. The van der Waals surface area contributed by atoms with E-state index in [1.54, 1.807) is 6.08 Å². The molecular formula is C20H18N2O3. The molecule has 1 amide bonds. The van der Waals surface area contributed by atoms with Gasteiger partial charge in [0, 0.05) is 12.8 Å². The number of rotatable bonds is 3. The minimum absolute atomic E-state index is 0.182. The highest BCUT2D eigenvalue weighted by atomic mass is 16.5. The van der Waals surface area contributed by atoms with Crippen molar-refractivity contribution in [3.63, 3.8) is 0 Å². The summed E-state index contributed by atoms with van der Waals surface area (Å²) in [5, 5.41) is 2.83. The highest BCUT2D eigenvalue weighted by Gasteiger charge is 2.20. The summed E-state index contributed by atoms with van der Waals surface area (Å²) in [5.41, 5.74) is 2.37. The van der Waals surface area contributed by atoms with E-state index in [2.05, 4.69) is 10.3 Å². The normalized spacial score (nSPS) is 17.8. The molecule has 0 radical (unpaired) electrons. The van der Waals surface area contributed by atoms with Crippen LogP contribution >= 0.6 is 0 Å². The Hall–Kier alpha value is -3.08. The number of fused-ring (bicyclic) bond motifs is 1. The Morgan fingerprint density at radius 2 is 1.84 bits per heavy atom. The van der Waals surface area contributed by atoms with Crippen molar-refractivity contribution in [2.45, 2.75) is 12.8 Å². The van der Waals surface area contributed by atoms with Gasteiger partial charge in [0.2, 0.25) is 0 Å². The number of carbonyl (C=O) groups excluding carboxylic acids is 1. The molecule has 2 aliphatic heterocycles. The van der Waals surface area contributed by atoms with Gasteiger partial charge in [-0.3, -0.25) is 4.79 Å². The lowest BCUT2D eigenvalue weighted by Crippen LogP contribution is -2.25. The van der Waals surface area contributed by atoms with Crippen LogP contribution in [0.3, 0.4) is 0 Å². The second-order valence-electron chi connectivity index (χ2n) is 5.96. The third-order valence-electron chi connectivity index (χ3n) is 4.04. The minimum atomic E-state index is -0.182. The van der Waals surface area contributed by atoms with Gasteiger partial charge in [0.15, 0.2) is 11.5 Å². The van der Waals surface area contributed by atoms with Crippen molar-refractivity contribution in [2.75, 3.05) is 13.2 Å². The van der Waals surface area contributed by atoms with Crippen LogP contribution in [0.15, 0.2) is 59.2 Å². The Bertz CT molecular complexity index is 856. The predicted molar refractivity (Wildman–Crippen MR) is 95.7 cm³/mol. The number of ether oxygens (including phenoxy) is 2. The summed E-state index contributed by atoms with van der Waals surface area (Å²) < 4.78 is 11.3. The van der Waals surface area contributed by atoms with E-state index < -0.39 is 0 Å². The van der Waals surface area contributed by atoms with Crippen molar-refractivity contribution in [2.24, 2.45) is 4.99 Å². The molecule has 0 saturated carbocycles. The fourth-order valence-electron chi connectivity index (χ4n) is 2.82. The molecule has 2 aromatic rings. The molecule has 5 nitrogen and oxygen atoms in total. The van der Waals surface area contributed by atoms with E-state index in [4.69, 9.17) is 9.47 Å². The summed E-state index contributed by atoms with van der Waals surface area (Å²) in [4.78, 5) is 16.6. The number of benzene rings is 2. The first-order valence-electron chi connectivity index (χ1n) is 8.32. The number of aliphatic imine (C=N–C) groups is 1. The smallest absolute Gasteiger partial charge is 0.275 e. The van der Waals surface area contributed by atoms with Crippen LogP contribution in [0.25, 0.3) is 6.08 Å². The second kappa shape index (κ2) is 6.81. The van der Waals surface area contributed by atoms with Gasteiger partial charge in [-0.2, -0.15) is 0 Å². The molecule has 0 spiro atoms. The standard InChI is InChI=1S/C20H18N2O3/c23-20-16(21-19(22-20)13-14-5-2-1-3-6-14)11-15-7-8-17-18(12-15)25-10-4-9-24-17/h1-3,5-8,11-12H,4,9-10,13H2,(H,21,22,23)/b16-11+. The van der Waals surface area contributed by atoms with Gasteiger partial charge in [-0.05, 0) is 29.3 Å². The van der Waals surface area contributed by atoms with Crippen LogP contribution in [0.5, 0.6) is 11.5 Å². The first kappa shape index (κ1) is 15.4. The quantitative estimate of drug-likeness (QED) is 0.878. The molecule has 0 fully saturated rings. The van der Waals surface area contributed by atoms with Gasteiger partial charge in [-0.1, -0.05) is 36.4 Å². The fraction of sp³-hybridized carbons (Fsp3) is 0.200. The first-order chi connectivity index (χ1) is 12.3. The van der Waals surface area contributed by atoms with E-state index in [-0.39, 0.29) is 5.91 Å². The van der Waals surface area contributed by atoms with E-state index in [1.165, 1.54) is 0 Å². The number of hydrogen-bond donors (Lipinski definition) is 1. The van der Waals surface area contributed by atoms with E-state index in [1.807, 2.05) is 48.5 Å². The third-order valence-corrected chi connectivity index (χ3v) is 4.04. The summed E-state index contributed by atoms with van der Waals surface area (Å²) in [6, 6.07) is 15.6. The van der Waals surface area contributed by atoms with Crippen LogP contribution in [0.2, 0.25) is 0 Å². The fourth-order valence-corrected chi connectivity index (χ4v) is 2.82. The average Bonchev–Trinajstić information content (AvgIpc) is 2.83. The minimum Gasteiger partial charge on any atom is -0.490 e. The number of carbonyl (C=O) groups is 1. The zero-order valence-electron chi connectivity index (χ0n) is 13.7. The summed E-state index contributed by atoms with van der Waals surface area (Å²) >= 11 is 0. The molecule has 0 saturated heterocycles. The van der Waals surface area contributed by atoms with Crippen molar-refractivity contribution >= 4 is 17.8 Å². The zero-order chi connectivity index (χ0) is 17.1. The molecule has 0 atom stereocenters. The maximum absolute atomic E-state index is 12.2. The Kier molecular flexibility index (Phi) is 4.21. The van der Waals surface area contributed by atoms with Crippen LogP contribution in [-0.4, -0.2) is 25.0 Å². The van der Waals surface area contributed by atoms with E-state index >= 15 is 0 Å². The Morgan fingerprint density at radius 3 is 2.68 bits per heavy atom. The van der Waals surface area contributed by atoms with Crippen molar-refractivity contribution in [3.05, 3.63) is 65.4 Å². The number of nitrogens with one attached hydrogen (secondary N) is 1. The molecule has 0 aromatic heterocycles. The molecule has 2 heterocycles. The Labute approximate surface area is 146 Å². The van der Waals surface area contributed by atoms with Crippen LogP contribution in [0, 0.1) is 0 Å². The number of amides is 1. The molecule has 0 unspecified atom stereocenters. The van der Waals surface area contributed by atoms with Crippen molar-refractivity contribution in [1.29, 1.82) is 0 Å². The van der Waals surface area contributed by atoms with Crippen molar-refractivity contribution in [1.82, 2.24) is 5.32 Å². The van der Waals surface area contributed by atoms with Crippen molar-refractivity contribution < 1.29 is 14.3 Å². The molecular weight excluding hydrogens is 316 g/mol. The number of nitrogens with zero attached hydrogens (tertiary/aromatic N) is 1. The largest absolute Gasteiger partial charge is 0.490 e. The van der Waals surface area contributed by atoms with Gasteiger partial charge < -0.3 is 14.8 Å². The highest BCUT2D eigenvalue weighted by molar-refractivity contribution is 6.14. The van der Waals surface area contributed by atoms with Gasteiger partial charge in [0.25, 0.3) is 5.91 Å². The number of amidine groups is 1. The van der Waals surface area contributed by atoms with Gasteiger partial charge in [0.05, 0.1) is 13.2 Å². The SMILES string of the molecule is O=C1NC(Cc2ccccc2)=N/C1=C/c1ccc2c(c1)OCCCO2. The van der Waals surface area contributed by atoms with Gasteiger partial charge in [-0.25, -0.2) is 4.99 Å². The average molecular weight is 334 g/mol. The molecule has 4 rings (SSSR count). The first-order valence-corrected chi connectivity index (χ1v) is 8.32. The molecule has 2 aliphatic rings. The molecule has 0 aliphatic carbocycles. The Morgan fingerprint density at radius 1 is 1.04 bits per heavy atom. The number of hydrogen-bond acceptors (Lipinski definition) is 4. The zero-order valence-corrected chi connectivity index (χ0v) is 13.7. The maximum Gasteiger partial charge on any atom is 0.275 e. The third kappa shape index (κ3) is 3.55. The molecule has 2 aromatic carbocycles. The lowest BCUT2D eigenvalue weighted by atomic mass is 10.1. The van der Waals surface area contributed by atoms with E-state index in [0.29, 0.717) is 36.9 Å². The van der Waals surface area contributed by atoms with Gasteiger partial charge in [0.1, 0.15) is 11.5 Å². The maximum atomic E-state index is 12.2. The highest BCUT2D eigenvalue weighted by Crippen LogP contribution is 2.31. The Balaban J connectivity index is 1.56. The second-order valence-corrected chi connectivity index (χ2v) is 5.96. The van der Waals surface area contributed by atoms with Crippen LogP contribution in [-0.2, 0) is 11.2 Å². The monoisotopic (exact) mass is 334 g/mol.